The fourth-order valence-electron chi connectivity index (χ4n) is 1.42. The van der Waals surface area contributed by atoms with Gasteiger partial charge in [0.1, 0.15) is 24.3 Å². The summed E-state index contributed by atoms with van der Waals surface area (Å²) in [5, 5.41) is 12.7. The molecule has 4 nitrogen and oxygen atoms in total. The van der Waals surface area contributed by atoms with E-state index in [1.807, 2.05) is 6.92 Å². The Morgan fingerprint density at radius 2 is 2.22 bits per heavy atom. The largest absolute Gasteiger partial charge is 0.490 e. The standard InChI is InChI=1S/C13H20FNO3/c1-10-3-4-11(14)7-13(10)18-9-12(16)8-15-5-6-17-2/h3-4,7,12,15-16H,5-6,8-9H2,1-2H3. The Kier molecular flexibility index (Phi) is 6.64. The van der Waals surface area contributed by atoms with E-state index in [9.17, 15) is 9.50 Å². The van der Waals surface area contributed by atoms with Crippen molar-refractivity contribution < 1.29 is 19.0 Å². The summed E-state index contributed by atoms with van der Waals surface area (Å²) < 4.78 is 23.2. The summed E-state index contributed by atoms with van der Waals surface area (Å²) in [6, 6.07) is 4.35. The van der Waals surface area contributed by atoms with Gasteiger partial charge in [0.2, 0.25) is 0 Å². The van der Waals surface area contributed by atoms with Gasteiger partial charge in [0.25, 0.3) is 0 Å². The summed E-state index contributed by atoms with van der Waals surface area (Å²) in [4.78, 5) is 0. The zero-order valence-electron chi connectivity index (χ0n) is 10.8. The molecule has 0 aliphatic carbocycles. The molecule has 1 atom stereocenters. The fraction of sp³-hybridized carbons (Fsp3) is 0.538. The van der Waals surface area contributed by atoms with Crippen LogP contribution in [-0.4, -0.2) is 44.6 Å². The van der Waals surface area contributed by atoms with Gasteiger partial charge < -0.3 is 19.9 Å². The molecular formula is C13H20FNO3. The van der Waals surface area contributed by atoms with E-state index in [4.69, 9.17) is 9.47 Å². The van der Waals surface area contributed by atoms with Crippen molar-refractivity contribution in [3.05, 3.63) is 29.6 Å². The minimum absolute atomic E-state index is 0.129. The molecule has 2 N–H and O–H groups in total. The number of halogens is 1. The third kappa shape index (κ3) is 5.44. The molecule has 1 unspecified atom stereocenters. The second-order valence-electron chi connectivity index (χ2n) is 4.07. The van der Waals surface area contributed by atoms with E-state index in [0.717, 1.165) is 5.56 Å². The molecule has 0 spiro atoms. The van der Waals surface area contributed by atoms with Crippen LogP contribution in [-0.2, 0) is 4.74 Å². The highest BCUT2D eigenvalue weighted by molar-refractivity contribution is 5.32. The van der Waals surface area contributed by atoms with Gasteiger partial charge in [-0.25, -0.2) is 4.39 Å². The number of aliphatic hydroxyl groups excluding tert-OH is 1. The molecule has 0 aromatic heterocycles. The summed E-state index contributed by atoms with van der Waals surface area (Å²) in [7, 11) is 1.62. The van der Waals surface area contributed by atoms with Gasteiger partial charge in [-0.2, -0.15) is 0 Å². The molecular weight excluding hydrogens is 237 g/mol. The van der Waals surface area contributed by atoms with Gasteiger partial charge in [0.15, 0.2) is 0 Å². The highest BCUT2D eigenvalue weighted by Gasteiger charge is 2.07. The van der Waals surface area contributed by atoms with Crippen LogP contribution >= 0.6 is 0 Å². The summed E-state index contributed by atoms with van der Waals surface area (Å²) in [5.41, 5.74) is 0.843. The Labute approximate surface area is 107 Å². The Balaban J connectivity index is 2.29. The lowest BCUT2D eigenvalue weighted by Crippen LogP contribution is -2.33. The van der Waals surface area contributed by atoms with Gasteiger partial charge in [-0.05, 0) is 18.6 Å². The Bertz CT molecular complexity index is 360. The van der Waals surface area contributed by atoms with Crippen LogP contribution in [0.25, 0.3) is 0 Å². The van der Waals surface area contributed by atoms with Gasteiger partial charge >= 0.3 is 0 Å². The number of hydrogen-bond acceptors (Lipinski definition) is 4. The van der Waals surface area contributed by atoms with Crippen LogP contribution in [0.5, 0.6) is 5.75 Å². The number of nitrogens with one attached hydrogen (secondary N) is 1. The molecule has 18 heavy (non-hydrogen) atoms. The SMILES string of the molecule is COCCNCC(O)COc1cc(F)ccc1C. The van der Waals surface area contributed by atoms with Gasteiger partial charge in [-0.3, -0.25) is 0 Å². The van der Waals surface area contributed by atoms with Crippen LogP contribution in [0.4, 0.5) is 4.39 Å². The second kappa shape index (κ2) is 8.02. The Hall–Kier alpha value is -1.17. The molecule has 0 amide bonds. The number of aryl methyl sites for hydroxylation is 1. The molecule has 1 rings (SSSR count). The Morgan fingerprint density at radius 1 is 1.44 bits per heavy atom. The molecule has 5 heteroatoms. The van der Waals surface area contributed by atoms with E-state index in [2.05, 4.69) is 5.32 Å². The summed E-state index contributed by atoms with van der Waals surface area (Å²) in [6.45, 7) is 3.64. The maximum Gasteiger partial charge on any atom is 0.126 e. The van der Waals surface area contributed by atoms with Gasteiger partial charge in [0, 0.05) is 26.3 Å². The third-order valence-electron chi connectivity index (χ3n) is 2.44. The van der Waals surface area contributed by atoms with Crippen LogP contribution in [0.1, 0.15) is 5.56 Å². The van der Waals surface area contributed by atoms with Crippen molar-refractivity contribution in [2.75, 3.05) is 33.4 Å². The first-order valence-electron chi connectivity index (χ1n) is 5.90. The van der Waals surface area contributed by atoms with E-state index in [-0.39, 0.29) is 12.4 Å². The average Bonchev–Trinajstić information content (AvgIpc) is 2.36. The van der Waals surface area contributed by atoms with Crippen LogP contribution in [0.2, 0.25) is 0 Å². The zero-order chi connectivity index (χ0) is 13.4. The van der Waals surface area contributed by atoms with Crippen molar-refractivity contribution in [3.63, 3.8) is 0 Å². The van der Waals surface area contributed by atoms with E-state index in [1.54, 1.807) is 13.2 Å². The molecule has 0 aliphatic heterocycles. The summed E-state index contributed by atoms with van der Waals surface area (Å²) in [6.07, 6.45) is -0.635. The number of methoxy groups -OCH3 is 1. The lowest BCUT2D eigenvalue weighted by molar-refractivity contribution is 0.103. The highest BCUT2D eigenvalue weighted by Crippen LogP contribution is 2.18. The molecule has 0 aliphatic rings. The maximum absolute atomic E-state index is 13.0. The Morgan fingerprint density at radius 3 is 2.94 bits per heavy atom. The minimum atomic E-state index is -0.635. The first-order valence-corrected chi connectivity index (χ1v) is 5.90. The van der Waals surface area contributed by atoms with Crippen molar-refractivity contribution in [1.82, 2.24) is 5.32 Å². The van der Waals surface area contributed by atoms with Crippen molar-refractivity contribution in [3.8, 4) is 5.75 Å². The van der Waals surface area contributed by atoms with E-state index in [0.29, 0.717) is 25.4 Å². The molecule has 0 saturated carbocycles. The maximum atomic E-state index is 13.0. The monoisotopic (exact) mass is 257 g/mol. The molecule has 102 valence electrons. The predicted molar refractivity (Wildman–Crippen MR) is 67.4 cm³/mol. The van der Waals surface area contributed by atoms with E-state index in [1.165, 1.54) is 12.1 Å². The lowest BCUT2D eigenvalue weighted by atomic mass is 10.2. The van der Waals surface area contributed by atoms with Crippen LogP contribution < -0.4 is 10.1 Å². The molecule has 0 heterocycles. The van der Waals surface area contributed by atoms with Crippen molar-refractivity contribution in [1.29, 1.82) is 0 Å². The molecule has 0 radical (unpaired) electrons. The van der Waals surface area contributed by atoms with E-state index >= 15 is 0 Å². The smallest absolute Gasteiger partial charge is 0.126 e. The lowest BCUT2D eigenvalue weighted by Gasteiger charge is -2.14. The topological polar surface area (TPSA) is 50.7 Å². The van der Waals surface area contributed by atoms with Crippen molar-refractivity contribution in [2.24, 2.45) is 0 Å². The quantitative estimate of drug-likeness (QED) is 0.685. The number of ether oxygens (including phenoxy) is 2. The molecule has 0 fully saturated rings. The van der Waals surface area contributed by atoms with Gasteiger partial charge in [0.05, 0.1) is 6.61 Å². The normalized spacial score (nSPS) is 12.4. The van der Waals surface area contributed by atoms with Gasteiger partial charge in [-0.1, -0.05) is 6.07 Å². The van der Waals surface area contributed by atoms with E-state index < -0.39 is 6.10 Å². The second-order valence-corrected chi connectivity index (χ2v) is 4.07. The fourth-order valence-corrected chi connectivity index (χ4v) is 1.42. The third-order valence-corrected chi connectivity index (χ3v) is 2.44. The number of aliphatic hydroxyl groups is 1. The van der Waals surface area contributed by atoms with Crippen LogP contribution in [0, 0.1) is 12.7 Å². The molecule has 0 saturated heterocycles. The number of hydrogen-bond donors (Lipinski definition) is 2. The predicted octanol–water partition coefficient (Wildman–Crippen LogP) is 1.11. The van der Waals surface area contributed by atoms with Crippen LogP contribution in [0.3, 0.4) is 0 Å². The minimum Gasteiger partial charge on any atom is -0.490 e. The van der Waals surface area contributed by atoms with Crippen molar-refractivity contribution in [2.45, 2.75) is 13.0 Å². The van der Waals surface area contributed by atoms with Crippen LogP contribution in [0.15, 0.2) is 18.2 Å². The zero-order valence-corrected chi connectivity index (χ0v) is 10.8. The van der Waals surface area contributed by atoms with Crippen molar-refractivity contribution >= 4 is 0 Å². The molecule has 0 bridgehead atoms. The number of benzene rings is 1. The number of rotatable bonds is 8. The molecule has 1 aromatic carbocycles. The summed E-state index contributed by atoms with van der Waals surface area (Å²) >= 11 is 0. The summed E-state index contributed by atoms with van der Waals surface area (Å²) in [5.74, 6) is 0.120. The average molecular weight is 257 g/mol. The first-order chi connectivity index (χ1) is 8.63. The first kappa shape index (κ1) is 14.9. The molecule has 1 aromatic rings. The van der Waals surface area contributed by atoms with Gasteiger partial charge in [-0.15, -0.1) is 0 Å². The highest BCUT2D eigenvalue weighted by atomic mass is 19.1.